The van der Waals surface area contributed by atoms with Crippen LogP contribution >= 0.6 is 0 Å². The van der Waals surface area contributed by atoms with Crippen LogP contribution in [0.4, 0.5) is 0 Å². The molecule has 22 heavy (non-hydrogen) atoms. The summed E-state index contributed by atoms with van der Waals surface area (Å²) in [5.41, 5.74) is -1.53. The normalized spacial score (nSPS) is 46.1. The lowest BCUT2D eigenvalue weighted by molar-refractivity contribution is -0.204. The molecule has 3 saturated carbocycles. The second-order valence-corrected chi connectivity index (χ2v) is 7.00. The maximum Gasteiger partial charge on any atom is 0.351 e. The van der Waals surface area contributed by atoms with Gasteiger partial charge < -0.3 is 19.7 Å². The summed E-state index contributed by atoms with van der Waals surface area (Å²) in [6.07, 6.45) is 1.32. The standard InChI is InChI=1S/C16H20O6/c1-21-14(20)16-6-8-4-5-15(16,7-11(8)19)12-9(17)2-3-10(18)13(12)22-16/h8-9,11,17,19H,2-7H2,1H3/t8-,9-,11?,15-,16+/m1/s1. The van der Waals surface area contributed by atoms with Crippen molar-refractivity contribution in [3.8, 4) is 0 Å². The summed E-state index contributed by atoms with van der Waals surface area (Å²) in [6.45, 7) is 0. The average Bonchev–Trinajstić information content (AvgIpc) is 2.82. The zero-order valence-electron chi connectivity index (χ0n) is 12.5. The molecule has 0 saturated heterocycles. The van der Waals surface area contributed by atoms with Gasteiger partial charge in [-0.05, 0) is 31.6 Å². The fourth-order valence-electron chi connectivity index (χ4n) is 5.16. The molecule has 0 radical (unpaired) electrons. The van der Waals surface area contributed by atoms with E-state index in [1.165, 1.54) is 7.11 Å². The number of aliphatic hydroxyl groups is 2. The summed E-state index contributed by atoms with van der Waals surface area (Å²) in [5.74, 6) is -0.544. The first kappa shape index (κ1) is 14.2. The summed E-state index contributed by atoms with van der Waals surface area (Å²) in [4.78, 5) is 24.8. The number of ketones is 1. The van der Waals surface area contributed by atoms with Crippen LogP contribution in [-0.2, 0) is 19.1 Å². The van der Waals surface area contributed by atoms with Gasteiger partial charge in [0, 0.05) is 18.4 Å². The number of carbonyl (C=O) groups is 2. The van der Waals surface area contributed by atoms with Gasteiger partial charge in [0.05, 0.1) is 24.7 Å². The van der Waals surface area contributed by atoms with Gasteiger partial charge >= 0.3 is 5.97 Å². The number of aliphatic hydroxyl groups excluding tert-OH is 2. The Morgan fingerprint density at radius 3 is 2.77 bits per heavy atom. The Hall–Kier alpha value is -1.40. The molecular weight excluding hydrogens is 288 g/mol. The molecule has 2 bridgehead atoms. The van der Waals surface area contributed by atoms with E-state index < -0.39 is 29.2 Å². The lowest BCUT2D eigenvalue weighted by Crippen LogP contribution is -2.64. The van der Waals surface area contributed by atoms with Crippen molar-refractivity contribution in [3.05, 3.63) is 11.3 Å². The van der Waals surface area contributed by atoms with E-state index >= 15 is 0 Å². The summed E-state index contributed by atoms with van der Waals surface area (Å²) in [7, 11) is 1.31. The number of methoxy groups -OCH3 is 1. The van der Waals surface area contributed by atoms with Crippen molar-refractivity contribution >= 4 is 11.8 Å². The summed E-state index contributed by atoms with van der Waals surface area (Å²) >= 11 is 0. The van der Waals surface area contributed by atoms with Crippen LogP contribution < -0.4 is 0 Å². The average molecular weight is 308 g/mol. The van der Waals surface area contributed by atoms with E-state index in [-0.39, 0.29) is 23.9 Å². The molecule has 5 rings (SSSR count). The van der Waals surface area contributed by atoms with Gasteiger partial charge in [-0.15, -0.1) is 0 Å². The summed E-state index contributed by atoms with van der Waals surface area (Å²) in [6, 6.07) is 0. The summed E-state index contributed by atoms with van der Waals surface area (Å²) in [5, 5.41) is 20.8. The highest BCUT2D eigenvalue weighted by Gasteiger charge is 2.73. The fraction of sp³-hybridized carbons (Fsp3) is 0.750. The van der Waals surface area contributed by atoms with Gasteiger partial charge in [0.25, 0.3) is 0 Å². The molecule has 120 valence electrons. The molecule has 1 aliphatic heterocycles. The van der Waals surface area contributed by atoms with Crippen LogP contribution in [0.1, 0.15) is 38.5 Å². The second kappa shape index (κ2) is 4.32. The Morgan fingerprint density at radius 1 is 1.32 bits per heavy atom. The molecule has 6 nitrogen and oxygen atoms in total. The zero-order valence-corrected chi connectivity index (χ0v) is 12.5. The molecule has 1 spiro atoms. The number of Topliss-reactive ketones (excluding diaryl/α,β-unsaturated/α-hetero) is 1. The van der Waals surface area contributed by atoms with Gasteiger partial charge in [0.15, 0.2) is 11.5 Å². The maximum absolute atomic E-state index is 12.6. The molecule has 5 aliphatic rings. The quantitative estimate of drug-likeness (QED) is 0.684. The fourth-order valence-corrected chi connectivity index (χ4v) is 5.16. The minimum absolute atomic E-state index is 0.0328. The van der Waals surface area contributed by atoms with Crippen LogP contribution in [0, 0.1) is 11.3 Å². The molecule has 0 amide bonds. The highest BCUT2D eigenvalue weighted by atomic mass is 16.6. The number of fused-ring (bicyclic) bond motifs is 2. The lowest BCUT2D eigenvalue weighted by Gasteiger charge is -2.56. The molecule has 0 aromatic heterocycles. The first-order valence-corrected chi connectivity index (χ1v) is 7.86. The first-order valence-electron chi connectivity index (χ1n) is 7.86. The smallest absolute Gasteiger partial charge is 0.351 e. The van der Waals surface area contributed by atoms with Crippen LogP contribution in [0.5, 0.6) is 0 Å². The Balaban J connectivity index is 1.92. The van der Waals surface area contributed by atoms with Crippen molar-refractivity contribution in [2.75, 3.05) is 7.11 Å². The van der Waals surface area contributed by atoms with Crippen molar-refractivity contribution in [3.63, 3.8) is 0 Å². The van der Waals surface area contributed by atoms with Gasteiger partial charge in [-0.25, -0.2) is 4.79 Å². The molecule has 5 atom stereocenters. The minimum Gasteiger partial charge on any atom is -0.471 e. The number of hydrogen-bond donors (Lipinski definition) is 2. The monoisotopic (exact) mass is 308 g/mol. The number of allylic oxidation sites excluding steroid dienone is 1. The van der Waals surface area contributed by atoms with E-state index in [1.807, 2.05) is 0 Å². The van der Waals surface area contributed by atoms with Crippen molar-refractivity contribution in [1.29, 1.82) is 0 Å². The third kappa shape index (κ3) is 1.42. The van der Waals surface area contributed by atoms with E-state index in [4.69, 9.17) is 9.47 Å². The molecule has 1 unspecified atom stereocenters. The van der Waals surface area contributed by atoms with E-state index in [0.717, 1.165) is 6.42 Å². The van der Waals surface area contributed by atoms with Crippen molar-refractivity contribution in [1.82, 2.24) is 0 Å². The predicted octanol–water partition coefficient (Wildman–Crippen LogP) is 0.457. The van der Waals surface area contributed by atoms with Crippen LogP contribution in [0.3, 0.4) is 0 Å². The highest BCUT2D eigenvalue weighted by Crippen LogP contribution is 2.67. The van der Waals surface area contributed by atoms with Gasteiger partial charge in [0.2, 0.25) is 5.60 Å². The van der Waals surface area contributed by atoms with Crippen LogP contribution in [0.2, 0.25) is 0 Å². The largest absolute Gasteiger partial charge is 0.471 e. The van der Waals surface area contributed by atoms with Gasteiger partial charge in [0.1, 0.15) is 0 Å². The predicted molar refractivity (Wildman–Crippen MR) is 73.5 cm³/mol. The Bertz CT molecular complexity index is 595. The molecule has 3 fully saturated rings. The third-order valence-electron chi connectivity index (χ3n) is 6.15. The number of hydrogen-bond acceptors (Lipinski definition) is 6. The number of esters is 1. The van der Waals surface area contributed by atoms with Crippen LogP contribution in [-0.4, -0.2) is 46.9 Å². The van der Waals surface area contributed by atoms with E-state index in [9.17, 15) is 19.8 Å². The Morgan fingerprint density at radius 2 is 2.09 bits per heavy atom. The van der Waals surface area contributed by atoms with E-state index in [2.05, 4.69) is 0 Å². The first-order chi connectivity index (χ1) is 10.4. The topological polar surface area (TPSA) is 93.1 Å². The maximum atomic E-state index is 12.6. The summed E-state index contributed by atoms with van der Waals surface area (Å²) < 4.78 is 10.9. The van der Waals surface area contributed by atoms with Gasteiger partial charge in [-0.1, -0.05) is 0 Å². The minimum atomic E-state index is -1.25. The zero-order chi connectivity index (χ0) is 15.7. The van der Waals surface area contributed by atoms with E-state index in [1.54, 1.807) is 0 Å². The molecule has 4 aliphatic carbocycles. The van der Waals surface area contributed by atoms with E-state index in [0.29, 0.717) is 31.3 Å². The molecular formula is C16H20O6. The molecule has 1 heterocycles. The van der Waals surface area contributed by atoms with Gasteiger partial charge in [-0.3, -0.25) is 4.79 Å². The number of rotatable bonds is 1. The third-order valence-corrected chi connectivity index (χ3v) is 6.15. The van der Waals surface area contributed by atoms with Crippen molar-refractivity contribution in [2.45, 2.75) is 56.3 Å². The molecule has 0 aromatic rings. The number of carbonyl (C=O) groups excluding carboxylic acids is 2. The Labute approximate surface area is 128 Å². The highest BCUT2D eigenvalue weighted by molar-refractivity contribution is 5.98. The van der Waals surface area contributed by atoms with Crippen molar-refractivity contribution in [2.24, 2.45) is 11.3 Å². The molecule has 6 heteroatoms. The molecule has 0 aromatic carbocycles. The van der Waals surface area contributed by atoms with Gasteiger partial charge in [-0.2, -0.15) is 0 Å². The Kier molecular flexibility index (Phi) is 2.79. The van der Waals surface area contributed by atoms with Crippen LogP contribution in [0.15, 0.2) is 11.3 Å². The molecule has 2 N–H and O–H groups in total. The second-order valence-electron chi connectivity index (χ2n) is 7.00. The SMILES string of the molecule is COC(=O)[C@@]12C[C@H]3CC[C@@]1(CC3O)C1=C(O2)C(=O)CC[C@H]1O. The van der Waals surface area contributed by atoms with Crippen molar-refractivity contribution < 1.29 is 29.3 Å². The van der Waals surface area contributed by atoms with Crippen LogP contribution in [0.25, 0.3) is 0 Å². The lowest BCUT2D eigenvalue weighted by atomic mass is 9.49. The number of ether oxygens (including phenoxy) is 2.